The predicted octanol–water partition coefficient (Wildman–Crippen LogP) is 3.89. The number of hydrogen-bond donors (Lipinski definition) is 1. The number of aromatic nitrogens is 1. The molecule has 1 aromatic carbocycles. The van der Waals surface area contributed by atoms with Crippen LogP contribution in [0.2, 0.25) is 0 Å². The van der Waals surface area contributed by atoms with Crippen LogP contribution in [-0.2, 0) is 0 Å². The Morgan fingerprint density at radius 3 is 2.71 bits per heavy atom. The number of anilines is 1. The summed E-state index contributed by atoms with van der Waals surface area (Å²) in [5.41, 5.74) is 0.375. The maximum Gasteiger partial charge on any atom is 0.398 e. The van der Waals surface area contributed by atoms with E-state index < -0.39 is 17.8 Å². The smallest absolute Gasteiger partial charge is 0.361 e. The lowest BCUT2D eigenvalue weighted by Gasteiger charge is -2.11. The summed E-state index contributed by atoms with van der Waals surface area (Å²) < 4.78 is 41.6. The van der Waals surface area contributed by atoms with E-state index in [4.69, 9.17) is 4.52 Å². The van der Waals surface area contributed by atoms with E-state index in [0.29, 0.717) is 28.1 Å². The third kappa shape index (κ3) is 4.52. The molecule has 112 valence electrons. The molecule has 1 aromatic heterocycles. The first kappa shape index (κ1) is 15.4. The first-order valence-corrected chi connectivity index (χ1v) is 6.87. The quantitative estimate of drug-likeness (QED) is 0.870. The molecule has 1 amide bonds. The minimum absolute atomic E-state index is 0.0723. The van der Waals surface area contributed by atoms with Gasteiger partial charge >= 0.3 is 6.18 Å². The molecule has 2 rings (SSSR count). The fraction of sp³-hybridized carbons (Fsp3) is 0.231. The monoisotopic (exact) mass is 316 g/mol. The van der Waals surface area contributed by atoms with Crippen LogP contribution in [0.1, 0.15) is 16.2 Å². The first-order valence-electron chi connectivity index (χ1n) is 5.88. The number of thioether (sulfide) groups is 1. The Morgan fingerprint density at radius 2 is 2.10 bits per heavy atom. The number of carbonyl (C=O) groups is 1. The Morgan fingerprint density at radius 1 is 1.38 bits per heavy atom. The summed E-state index contributed by atoms with van der Waals surface area (Å²) in [6.07, 6.45) is -4.27. The highest BCUT2D eigenvalue weighted by Crippen LogP contribution is 2.32. The van der Waals surface area contributed by atoms with E-state index in [1.807, 2.05) is 0 Å². The normalized spacial score (nSPS) is 11.4. The standard InChI is InChI=1S/C13H11F3N2O2S/c1-8-6-10(18-20-8)12(19)17-9-4-2-3-5-11(9)21-7-13(14,15)16/h2-6H,7H2,1H3,(H,17,19). The fourth-order valence-electron chi connectivity index (χ4n) is 1.52. The zero-order chi connectivity index (χ0) is 15.5. The molecule has 0 aliphatic rings. The summed E-state index contributed by atoms with van der Waals surface area (Å²) in [4.78, 5) is 12.3. The average molecular weight is 316 g/mol. The molecule has 0 aliphatic heterocycles. The van der Waals surface area contributed by atoms with Gasteiger partial charge in [0.25, 0.3) is 5.91 Å². The molecule has 0 fully saturated rings. The number of amides is 1. The topological polar surface area (TPSA) is 55.1 Å². The number of nitrogens with one attached hydrogen (secondary N) is 1. The van der Waals surface area contributed by atoms with Crippen LogP contribution in [0, 0.1) is 6.92 Å². The minimum Gasteiger partial charge on any atom is -0.361 e. The highest BCUT2D eigenvalue weighted by atomic mass is 32.2. The molecule has 0 atom stereocenters. The van der Waals surface area contributed by atoms with Crippen molar-refractivity contribution in [1.29, 1.82) is 0 Å². The van der Waals surface area contributed by atoms with Gasteiger partial charge in [-0.3, -0.25) is 4.79 Å². The third-order valence-electron chi connectivity index (χ3n) is 2.39. The first-order chi connectivity index (χ1) is 9.85. The van der Waals surface area contributed by atoms with Crippen molar-refractivity contribution in [2.24, 2.45) is 0 Å². The molecule has 2 aromatic rings. The van der Waals surface area contributed by atoms with E-state index >= 15 is 0 Å². The van der Waals surface area contributed by atoms with Crippen molar-refractivity contribution in [3.8, 4) is 0 Å². The number of benzene rings is 1. The number of alkyl halides is 3. The SMILES string of the molecule is Cc1cc(C(=O)Nc2ccccc2SCC(F)(F)F)no1. The second kappa shape index (κ2) is 6.21. The Kier molecular flexibility index (Phi) is 4.56. The second-order valence-electron chi connectivity index (χ2n) is 4.18. The molecule has 21 heavy (non-hydrogen) atoms. The Bertz CT molecular complexity index is 640. The van der Waals surface area contributed by atoms with Gasteiger partial charge < -0.3 is 9.84 Å². The molecule has 1 N–H and O–H groups in total. The number of para-hydroxylation sites is 1. The molecule has 8 heteroatoms. The van der Waals surface area contributed by atoms with Gasteiger partial charge in [0, 0.05) is 11.0 Å². The number of rotatable bonds is 4. The van der Waals surface area contributed by atoms with Crippen molar-refractivity contribution >= 4 is 23.4 Å². The Labute approximate surface area is 122 Å². The molecule has 0 spiro atoms. The van der Waals surface area contributed by atoms with Crippen LogP contribution in [0.3, 0.4) is 0 Å². The van der Waals surface area contributed by atoms with Gasteiger partial charge in [-0.15, -0.1) is 11.8 Å². The molecular formula is C13H11F3N2O2S. The largest absolute Gasteiger partial charge is 0.398 e. The molecule has 0 unspecified atom stereocenters. The highest BCUT2D eigenvalue weighted by Gasteiger charge is 2.27. The van der Waals surface area contributed by atoms with Crippen molar-refractivity contribution in [3.05, 3.63) is 41.8 Å². The molecule has 1 heterocycles. The van der Waals surface area contributed by atoms with Crippen LogP contribution in [-0.4, -0.2) is 23.0 Å². The molecule has 0 saturated heterocycles. The number of aryl methyl sites for hydroxylation is 1. The van der Waals surface area contributed by atoms with Crippen molar-refractivity contribution in [1.82, 2.24) is 5.16 Å². The van der Waals surface area contributed by atoms with Gasteiger partial charge in [0.2, 0.25) is 0 Å². The van der Waals surface area contributed by atoms with Crippen LogP contribution in [0.25, 0.3) is 0 Å². The third-order valence-corrected chi connectivity index (χ3v) is 3.53. The summed E-state index contributed by atoms with van der Waals surface area (Å²) in [5.74, 6) is -1.09. The van der Waals surface area contributed by atoms with E-state index in [0.717, 1.165) is 0 Å². The number of hydrogen-bond acceptors (Lipinski definition) is 4. The zero-order valence-corrected chi connectivity index (χ0v) is 11.7. The van der Waals surface area contributed by atoms with Gasteiger partial charge in [-0.1, -0.05) is 17.3 Å². The zero-order valence-electron chi connectivity index (χ0n) is 10.9. The number of nitrogens with zero attached hydrogens (tertiary/aromatic N) is 1. The van der Waals surface area contributed by atoms with Crippen molar-refractivity contribution in [3.63, 3.8) is 0 Å². The Hall–Kier alpha value is -1.96. The minimum atomic E-state index is -4.27. The van der Waals surface area contributed by atoms with Crippen LogP contribution in [0.4, 0.5) is 18.9 Å². The van der Waals surface area contributed by atoms with E-state index in [-0.39, 0.29) is 5.69 Å². The highest BCUT2D eigenvalue weighted by molar-refractivity contribution is 7.99. The molecule has 4 nitrogen and oxygen atoms in total. The summed E-state index contributed by atoms with van der Waals surface area (Å²) in [5, 5.41) is 6.08. The fourth-order valence-corrected chi connectivity index (χ4v) is 2.28. The average Bonchev–Trinajstić information content (AvgIpc) is 2.83. The van der Waals surface area contributed by atoms with Gasteiger partial charge in [-0.25, -0.2) is 0 Å². The van der Waals surface area contributed by atoms with Crippen molar-refractivity contribution in [2.75, 3.05) is 11.1 Å². The van der Waals surface area contributed by atoms with E-state index in [9.17, 15) is 18.0 Å². The van der Waals surface area contributed by atoms with Gasteiger partial charge in [0.15, 0.2) is 5.69 Å². The lowest BCUT2D eigenvalue weighted by atomic mass is 10.3. The number of carbonyl (C=O) groups excluding carboxylic acids is 1. The second-order valence-corrected chi connectivity index (χ2v) is 5.19. The summed E-state index contributed by atoms with van der Waals surface area (Å²) in [7, 11) is 0. The van der Waals surface area contributed by atoms with Crippen molar-refractivity contribution in [2.45, 2.75) is 18.0 Å². The van der Waals surface area contributed by atoms with Crippen LogP contribution < -0.4 is 5.32 Å². The Balaban J connectivity index is 2.11. The van der Waals surface area contributed by atoms with Crippen LogP contribution in [0.5, 0.6) is 0 Å². The van der Waals surface area contributed by atoms with Crippen LogP contribution >= 0.6 is 11.8 Å². The van der Waals surface area contributed by atoms with Gasteiger partial charge in [-0.2, -0.15) is 13.2 Å². The summed E-state index contributed by atoms with van der Waals surface area (Å²) >= 11 is 0.613. The van der Waals surface area contributed by atoms with Gasteiger partial charge in [0.05, 0.1) is 11.4 Å². The maximum absolute atomic E-state index is 12.3. The van der Waals surface area contributed by atoms with E-state index in [1.165, 1.54) is 18.2 Å². The molecule has 0 aliphatic carbocycles. The molecule has 0 bridgehead atoms. The van der Waals surface area contributed by atoms with Crippen LogP contribution in [0.15, 0.2) is 39.8 Å². The van der Waals surface area contributed by atoms with E-state index in [2.05, 4.69) is 10.5 Å². The predicted molar refractivity (Wildman–Crippen MR) is 72.4 cm³/mol. The van der Waals surface area contributed by atoms with E-state index in [1.54, 1.807) is 19.1 Å². The lowest BCUT2D eigenvalue weighted by molar-refractivity contribution is -0.105. The van der Waals surface area contributed by atoms with Crippen molar-refractivity contribution < 1.29 is 22.5 Å². The summed E-state index contributed by atoms with van der Waals surface area (Å²) in [6, 6.07) is 7.72. The molecule has 0 saturated carbocycles. The van der Waals surface area contributed by atoms with Gasteiger partial charge in [0.1, 0.15) is 5.76 Å². The summed E-state index contributed by atoms with van der Waals surface area (Å²) in [6.45, 7) is 1.64. The van der Waals surface area contributed by atoms with Gasteiger partial charge in [-0.05, 0) is 19.1 Å². The maximum atomic E-state index is 12.3. The number of halogens is 3. The molecular weight excluding hydrogens is 305 g/mol. The lowest BCUT2D eigenvalue weighted by Crippen LogP contribution is -2.14. The molecule has 0 radical (unpaired) electrons.